The van der Waals surface area contributed by atoms with Gasteiger partial charge in [0.05, 0.1) is 11.3 Å². The van der Waals surface area contributed by atoms with E-state index >= 15 is 0 Å². The minimum Gasteiger partial charge on any atom is -0.339 e. The molecule has 0 aliphatic heterocycles. The first-order valence-corrected chi connectivity index (χ1v) is 7.33. The molecule has 0 atom stereocenters. The molecule has 0 amide bonds. The SMILES string of the molecule is O=c1o[nH]c(Cc2cccs2)c1Cc1cccs1. The second-order valence-electron chi connectivity index (χ2n) is 3.96. The van der Waals surface area contributed by atoms with Gasteiger partial charge in [0.2, 0.25) is 0 Å². The number of rotatable bonds is 4. The third-order valence-corrected chi connectivity index (χ3v) is 4.49. The predicted octanol–water partition coefficient (Wildman–Crippen LogP) is 3.27. The van der Waals surface area contributed by atoms with Crippen LogP contribution < -0.4 is 5.63 Å². The lowest BCUT2D eigenvalue weighted by molar-refractivity contribution is 0.385. The van der Waals surface area contributed by atoms with Crippen LogP contribution >= 0.6 is 22.7 Å². The molecule has 3 nitrogen and oxygen atoms in total. The van der Waals surface area contributed by atoms with Crippen LogP contribution in [0.5, 0.6) is 0 Å². The fourth-order valence-corrected chi connectivity index (χ4v) is 3.28. The van der Waals surface area contributed by atoms with E-state index in [1.54, 1.807) is 22.7 Å². The van der Waals surface area contributed by atoms with Crippen LogP contribution in [-0.4, -0.2) is 5.16 Å². The van der Waals surface area contributed by atoms with E-state index in [2.05, 4.69) is 11.2 Å². The van der Waals surface area contributed by atoms with Crippen molar-refractivity contribution in [2.45, 2.75) is 12.8 Å². The summed E-state index contributed by atoms with van der Waals surface area (Å²) in [6, 6.07) is 8.10. The fraction of sp³-hybridized carbons (Fsp3) is 0.154. The highest BCUT2D eigenvalue weighted by atomic mass is 32.1. The van der Waals surface area contributed by atoms with Gasteiger partial charge in [-0.1, -0.05) is 12.1 Å². The summed E-state index contributed by atoms with van der Waals surface area (Å²) in [6.07, 6.45) is 1.37. The van der Waals surface area contributed by atoms with Crippen molar-refractivity contribution in [1.29, 1.82) is 0 Å². The summed E-state index contributed by atoms with van der Waals surface area (Å²) in [6.45, 7) is 0. The Hall–Kier alpha value is -1.59. The van der Waals surface area contributed by atoms with Crippen LogP contribution in [0.4, 0.5) is 0 Å². The molecular weight excluding hydrogens is 266 g/mol. The monoisotopic (exact) mass is 277 g/mol. The molecule has 0 saturated carbocycles. The zero-order chi connectivity index (χ0) is 12.4. The van der Waals surface area contributed by atoms with Gasteiger partial charge in [0.1, 0.15) is 0 Å². The number of aromatic nitrogens is 1. The molecule has 0 fully saturated rings. The molecule has 0 aliphatic rings. The lowest BCUT2D eigenvalue weighted by Gasteiger charge is -1.98. The van der Waals surface area contributed by atoms with Crippen molar-refractivity contribution in [3.05, 3.63) is 66.5 Å². The summed E-state index contributed by atoms with van der Waals surface area (Å²) in [5.41, 5.74) is 1.37. The fourth-order valence-electron chi connectivity index (χ4n) is 1.85. The number of hydrogen-bond acceptors (Lipinski definition) is 4. The topological polar surface area (TPSA) is 46.0 Å². The van der Waals surface area contributed by atoms with Crippen LogP contribution in [0.25, 0.3) is 0 Å². The average molecular weight is 277 g/mol. The van der Waals surface area contributed by atoms with Gasteiger partial charge in [0.15, 0.2) is 0 Å². The standard InChI is InChI=1S/C13H11NO2S2/c15-13-11(7-9-3-1-5-17-9)12(14-16-13)8-10-4-2-6-18-10/h1-6,14H,7-8H2. The normalized spacial score (nSPS) is 10.9. The van der Waals surface area contributed by atoms with E-state index < -0.39 is 0 Å². The van der Waals surface area contributed by atoms with Gasteiger partial charge < -0.3 is 4.52 Å². The largest absolute Gasteiger partial charge is 0.361 e. The Labute approximate surface area is 112 Å². The number of aromatic amines is 1. The molecule has 3 heterocycles. The van der Waals surface area contributed by atoms with E-state index in [0.717, 1.165) is 17.7 Å². The molecular formula is C13H11NO2S2. The van der Waals surface area contributed by atoms with Crippen molar-refractivity contribution in [3.8, 4) is 0 Å². The Bertz CT molecular complexity index is 662. The highest BCUT2D eigenvalue weighted by Crippen LogP contribution is 2.19. The Balaban J connectivity index is 1.89. The number of thiophene rings is 2. The van der Waals surface area contributed by atoms with Crippen molar-refractivity contribution in [2.75, 3.05) is 0 Å². The first kappa shape index (κ1) is 11.5. The quantitative estimate of drug-likeness (QED) is 0.795. The van der Waals surface area contributed by atoms with Crippen molar-refractivity contribution in [3.63, 3.8) is 0 Å². The Morgan fingerprint density at radius 2 is 1.72 bits per heavy atom. The van der Waals surface area contributed by atoms with E-state index in [1.807, 2.05) is 29.0 Å². The van der Waals surface area contributed by atoms with Crippen molar-refractivity contribution < 1.29 is 4.52 Å². The van der Waals surface area contributed by atoms with Gasteiger partial charge in [0, 0.05) is 22.6 Å². The number of H-pyrrole nitrogens is 1. The van der Waals surface area contributed by atoms with Gasteiger partial charge in [-0.25, -0.2) is 9.95 Å². The summed E-state index contributed by atoms with van der Waals surface area (Å²) < 4.78 is 4.92. The smallest absolute Gasteiger partial charge is 0.339 e. The minimum atomic E-state index is -0.255. The van der Waals surface area contributed by atoms with Crippen LogP contribution in [0.3, 0.4) is 0 Å². The van der Waals surface area contributed by atoms with E-state index in [0.29, 0.717) is 6.42 Å². The van der Waals surface area contributed by atoms with Gasteiger partial charge in [-0.3, -0.25) is 0 Å². The Kier molecular flexibility index (Phi) is 3.17. The van der Waals surface area contributed by atoms with E-state index in [1.165, 1.54) is 9.75 Å². The Morgan fingerprint density at radius 3 is 2.33 bits per heavy atom. The molecule has 92 valence electrons. The molecule has 0 saturated heterocycles. The summed E-state index contributed by atoms with van der Waals surface area (Å²) in [5.74, 6) is 0. The first-order chi connectivity index (χ1) is 8.83. The predicted molar refractivity (Wildman–Crippen MR) is 73.6 cm³/mol. The molecule has 3 aromatic heterocycles. The van der Waals surface area contributed by atoms with Crippen molar-refractivity contribution in [1.82, 2.24) is 5.16 Å². The molecule has 0 unspecified atom stereocenters. The molecule has 0 spiro atoms. The van der Waals surface area contributed by atoms with Gasteiger partial charge >= 0.3 is 5.63 Å². The Morgan fingerprint density at radius 1 is 1.06 bits per heavy atom. The third kappa shape index (κ3) is 2.32. The maximum absolute atomic E-state index is 11.7. The van der Waals surface area contributed by atoms with Crippen LogP contribution in [0, 0.1) is 0 Å². The van der Waals surface area contributed by atoms with Gasteiger partial charge in [-0.2, -0.15) is 0 Å². The molecule has 3 rings (SSSR count). The van der Waals surface area contributed by atoms with E-state index in [4.69, 9.17) is 4.52 Å². The van der Waals surface area contributed by atoms with Crippen LogP contribution in [0.2, 0.25) is 0 Å². The third-order valence-electron chi connectivity index (χ3n) is 2.74. The van der Waals surface area contributed by atoms with Gasteiger partial charge in [0.25, 0.3) is 0 Å². The molecule has 5 heteroatoms. The van der Waals surface area contributed by atoms with Gasteiger partial charge in [-0.15, -0.1) is 22.7 Å². The van der Waals surface area contributed by atoms with Crippen LogP contribution in [-0.2, 0) is 12.8 Å². The summed E-state index contributed by atoms with van der Waals surface area (Å²) in [4.78, 5) is 14.1. The molecule has 0 radical (unpaired) electrons. The molecule has 0 bridgehead atoms. The average Bonchev–Trinajstić information content (AvgIpc) is 3.08. The molecule has 1 N–H and O–H groups in total. The zero-order valence-corrected chi connectivity index (χ0v) is 11.1. The second-order valence-corrected chi connectivity index (χ2v) is 6.03. The lowest BCUT2D eigenvalue weighted by Crippen LogP contribution is -2.04. The molecule has 3 aromatic rings. The van der Waals surface area contributed by atoms with Crippen molar-refractivity contribution >= 4 is 22.7 Å². The maximum Gasteiger partial charge on any atom is 0.361 e. The van der Waals surface area contributed by atoms with Gasteiger partial charge in [-0.05, 0) is 22.9 Å². The van der Waals surface area contributed by atoms with Crippen molar-refractivity contribution in [2.24, 2.45) is 0 Å². The minimum absolute atomic E-state index is 0.255. The highest BCUT2D eigenvalue weighted by Gasteiger charge is 2.14. The summed E-state index contributed by atoms with van der Waals surface area (Å²) >= 11 is 3.34. The molecule has 0 aromatic carbocycles. The summed E-state index contributed by atoms with van der Waals surface area (Å²) in [7, 11) is 0. The molecule has 0 aliphatic carbocycles. The maximum atomic E-state index is 11.7. The van der Waals surface area contributed by atoms with Crippen LogP contribution in [0.1, 0.15) is 21.0 Å². The van der Waals surface area contributed by atoms with E-state index in [-0.39, 0.29) is 5.63 Å². The lowest BCUT2D eigenvalue weighted by atomic mass is 10.1. The van der Waals surface area contributed by atoms with Crippen LogP contribution in [0.15, 0.2) is 44.3 Å². The first-order valence-electron chi connectivity index (χ1n) is 5.57. The highest BCUT2D eigenvalue weighted by molar-refractivity contribution is 7.10. The summed E-state index contributed by atoms with van der Waals surface area (Å²) in [5, 5.41) is 6.80. The molecule has 18 heavy (non-hydrogen) atoms. The van der Waals surface area contributed by atoms with E-state index in [9.17, 15) is 4.79 Å². The second kappa shape index (κ2) is 4.96. The number of hydrogen-bond donors (Lipinski definition) is 1. The number of nitrogens with one attached hydrogen (secondary N) is 1. The zero-order valence-electron chi connectivity index (χ0n) is 9.51.